The zero-order chi connectivity index (χ0) is 24.2. The van der Waals surface area contributed by atoms with E-state index in [2.05, 4.69) is 41.5 Å². The summed E-state index contributed by atoms with van der Waals surface area (Å²) in [6.45, 7) is 17.2. The molecule has 0 aromatic rings. The van der Waals surface area contributed by atoms with Crippen molar-refractivity contribution in [1.29, 1.82) is 0 Å². The van der Waals surface area contributed by atoms with E-state index < -0.39 is 11.4 Å². The average Bonchev–Trinajstić information content (AvgIpc) is 2.74. The molecule has 5 saturated carbocycles. The van der Waals surface area contributed by atoms with Gasteiger partial charge in [-0.1, -0.05) is 41.5 Å². The Morgan fingerprint density at radius 2 is 1.30 bits per heavy atom. The lowest BCUT2D eigenvalue weighted by Gasteiger charge is -2.75. The minimum absolute atomic E-state index is 0.137. The molecular formula is C30H50O3. The Morgan fingerprint density at radius 3 is 1.97 bits per heavy atom. The Balaban J connectivity index is 1.54. The maximum atomic E-state index is 12.3. The Bertz CT molecular complexity index is 838. The zero-order valence-corrected chi connectivity index (χ0v) is 22.5. The van der Waals surface area contributed by atoms with E-state index in [1.165, 1.54) is 44.9 Å². The summed E-state index contributed by atoms with van der Waals surface area (Å²) in [6.07, 6.45) is 12.4. The van der Waals surface area contributed by atoms with Gasteiger partial charge in [-0.2, -0.15) is 0 Å². The van der Waals surface area contributed by atoms with Crippen molar-refractivity contribution in [1.82, 2.24) is 0 Å². The number of hydrogen-bond donors (Lipinski definition) is 2. The number of aliphatic carboxylic acids is 1. The second-order valence-electron chi connectivity index (χ2n) is 15.2. The van der Waals surface area contributed by atoms with Crippen molar-refractivity contribution in [3.63, 3.8) is 0 Å². The minimum atomic E-state index is -0.579. The van der Waals surface area contributed by atoms with Crippen LogP contribution < -0.4 is 0 Å². The molecule has 0 amide bonds. The SMILES string of the molecule is C[C@H]1[C@H](O)CC[C@@H]2[C@]1(C)CC[C@H]1[C@@]2(C)CC[C@@]2(C)[C@H]3C[C@@](C)(C(=O)O)CC[C@]3(C)CC[C@]12C. The normalized spacial score (nSPS) is 60.7. The highest BCUT2D eigenvalue weighted by atomic mass is 16.4. The predicted molar refractivity (Wildman–Crippen MR) is 133 cm³/mol. The largest absolute Gasteiger partial charge is 0.481 e. The topological polar surface area (TPSA) is 57.5 Å². The molecule has 0 bridgehead atoms. The first-order valence-corrected chi connectivity index (χ1v) is 14.1. The van der Waals surface area contributed by atoms with Crippen LogP contribution in [0.5, 0.6) is 0 Å². The highest BCUT2D eigenvalue weighted by Crippen LogP contribution is 2.78. The Kier molecular flexibility index (Phi) is 5.13. The van der Waals surface area contributed by atoms with E-state index in [9.17, 15) is 15.0 Å². The van der Waals surface area contributed by atoms with Crippen molar-refractivity contribution in [3.8, 4) is 0 Å². The number of carboxylic acids is 1. The van der Waals surface area contributed by atoms with Gasteiger partial charge in [-0.25, -0.2) is 0 Å². The molecule has 0 saturated heterocycles. The maximum absolute atomic E-state index is 12.3. The molecule has 33 heavy (non-hydrogen) atoms. The van der Waals surface area contributed by atoms with Crippen molar-refractivity contribution in [2.45, 2.75) is 125 Å². The first-order chi connectivity index (χ1) is 15.2. The molecule has 11 atom stereocenters. The standard InChI is InChI=1S/C30H50O3/c1-19-20(31)8-9-21-27(19,4)11-10-22-28(21,5)15-17-30(7)23-18-26(3,24(32)33)13-12-25(23,2)14-16-29(22,30)6/h19-23,31H,8-18H2,1-7H3,(H,32,33)/t19-,20+,21+,22-,23-,25+,26-,27+,28-,29+,30-/m0/s1. The molecule has 0 aromatic carbocycles. The number of carbonyl (C=O) groups is 1. The zero-order valence-electron chi connectivity index (χ0n) is 22.5. The van der Waals surface area contributed by atoms with E-state index >= 15 is 0 Å². The fourth-order valence-electron chi connectivity index (χ4n) is 11.4. The highest BCUT2D eigenvalue weighted by Gasteiger charge is 2.71. The molecule has 3 nitrogen and oxygen atoms in total. The van der Waals surface area contributed by atoms with E-state index in [1.807, 2.05) is 6.92 Å². The molecule has 3 heteroatoms. The molecule has 0 unspecified atom stereocenters. The Morgan fingerprint density at radius 1 is 0.697 bits per heavy atom. The predicted octanol–water partition coefficient (Wildman–Crippen LogP) is 7.31. The lowest BCUT2D eigenvalue weighted by Crippen LogP contribution is -2.68. The lowest BCUT2D eigenvalue weighted by atomic mass is 9.30. The van der Waals surface area contributed by atoms with E-state index in [0.29, 0.717) is 34.5 Å². The van der Waals surface area contributed by atoms with Crippen molar-refractivity contribution >= 4 is 5.97 Å². The van der Waals surface area contributed by atoms with Crippen LogP contribution in [-0.4, -0.2) is 22.3 Å². The second-order valence-corrected chi connectivity index (χ2v) is 15.2. The summed E-state index contributed by atoms with van der Waals surface area (Å²) in [5.74, 6) is 1.73. The molecule has 2 N–H and O–H groups in total. The van der Waals surface area contributed by atoms with Gasteiger partial charge in [0.15, 0.2) is 0 Å². The van der Waals surface area contributed by atoms with Crippen LogP contribution in [0.25, 0.3) is 0 Å². The highest BCUT2D eigenvalue weighted by molar-refractivity contribution is 5.74. The summed E-state index contributed by atoms with van der Waals surface area (Å²) in [6, 6.07) is 0. The van der Waals surface area contributed by atoms with Crippen molar-refractivity contribution in [3.05, 3.63) is 0 Å². The first-order valence-electron chi connectivity index (χ1n) is 14.1. The quantitative estimate of drug-likeness (QED) is 0.433. The average molecular weight is 459 g/mol. The van der Waals surface area contributed by atoms with Gasteiger partial charge in [0, 0.05) is 0 Å². The molecule has 0 spiro atoms. The van der Waals surface area contributed by atoms with Crippen LogP contribution >= 0.6 is 0 Å². The Labute approximate surface area is 202 Å². The fraction of sp³-hybridized carbons (Fsp3) is 0.967. The number of aliphatic hydroxyl groups is 1. The van der Waals surface area contributed by atoms with E-state index in [0.717, 1.165) is 25.7 Å². The third kappa shape index (κ3) is 2.87. The smallest absolute Gasteiger partial charge is 0.309 e. The lowest BCUT2D eigenvalue weighted by molar-refractivity contribution is -0.263. The number of aliphatic hydroxyl groups excluding tert-OH is 1. The van der Waals surface area contributed by atoms with Gasteiger partial charge in [0.2, 0.25) is 0 Å². The van der Waals surface area contributed by atoms with Gasteiger partial charge in [0.1, 0.15) is 0 Å². The molecular weight excluding hydrogens is 408 g/mol. The van der Waals surface area contributed by atoms with Gasteiger partial charge in [-0.05, 0) is 128 Å². The minimum Gasteiger partial charge on any atom is -0.481 e. The maximum Gasteiger partial charge on any atom is 0.309 e. The molecule has 0 aromatic heterocycles. The van der Waals surface area contributed by atoms with Crippen LogP contribution in [0.2, 0.25) is 0 Å². The molecule has 5 aliphatic carbocycles. The van der Waals surface area contributed by atoms with Crippen LogP contribution in [0.1, 0.15) is 119 Å². The molecule has 0 radical (unpaired) electrons. The molecule has 5 fully saturated rings. The van der Waals surface area contributed by atoms with Crippen molar-refractivity contribution < 1.29 is 15.0 Å². The second kappa shape index (κ2) is 7.01. The van der Waals surface area contributed by atoms with Crippen LogP contribution in [0.15, 0.2) is 0 Å². The number of hydrogen-bond acceptors (Lipinski definition) is 2. The summed E-state index contributed by atoms with van der Waals surface area (Å²) in [4.78, 5) is 12.3. The number of rotatable bonds is 1. The van der Waals surface area contributed by atoms with E-state index in [-0.39, 0.29) is 22.3 Å². The van der Waals surface area contributed by atoms with Gasteiger partial charge in [-0.15, -0.1) is 0 Å². The third-order valence-corrected chi connectivity index (χ3v) is 14.2. The van der Waals surface area contributed by atoms with Crippen molar-refractivity contribution in [2.24, 2.45) is 56.2 Å². The molecule has 0 heterocycles. The fourth-order valence-corrected chi connectivity index (χ4v) is 11.4. The summed E-state index contributed by atoms with van der Waals surface area (Å²) < 4.78 is 0. The van der Waals surface area contributed by atoms with Crippen molar-refractivity contribution in [2.75, 3.05) is 0 Å². The van der Waals surface area contributed by atoms with Gasteiger partial charge in [0.05, 0.1) is 11.5 Å². The first kappa shape index (κ1) is 24.1. The van der Waals surface area contributed by atoms with Crippen LogP contribution in [0.4, 0.5) is 0 Å². The van der Waals surface area contributed by atoms with Gasteiger partial charge in [-0.3, -0.25) is 4.79 Å². The van der Waals surface area contributed by atoms with Gasteiger partial charge < -0.3 is 10.2 Å². The van der Waals surface area contributed by atoms with Crippen LogP contribution in [0, 0.1) is 56.2 Å². The molecule has 188 valence electrons. The van der Waals surface area contributed by atoms with Gasteiger partial charge in [0.25, 0.3) is 0 Å². The summed E-state index contributed by atoms with van der Waals surface area (Å²) in [5, 5.41) is 20.9. The molecule has 0 aliphatic heterocycles. The van der Waals surface area contributed by atoms with E-state index in [1.54, 1.807) is 0 Å². The van der Waals surface area contributed by atoms with E-state index in [4.69, 9.17) is 0 Å². The van der Waals surface area contributed by atoms with Gasteiger partial charge >= 0.3 is 5.97 Å². The number of fused-ring (bicyclic) bond motifs is 7. The summed E-state index contributed by atoms with van der Waals surface area (Å²) in [5.41, 5.74) is 0.823. The molecule has 5 aliphatic rings. The number of carboxylic acid groups (broad SMARTS) is 1. The summed E-state index contributed by atoms with van der Waals surface area (Å²) in [7, 11) is 0. The Hall–Kier alpha value is -0.570. The third-order valence-electron chi connectivity index (χ3n) is 14.2. The summed E-state index contributed by atoms with van der Waals surface area (Å²) >= 11 is 0. The van der Waals surface area contributed by atoms with Crippen LogP contribution in [0.3, 0.4) is 0 Å². The molecule has 5 rings (SSSR count). The monoisotopic (exact) mass is 458 g/mol. The van der Waals surface area contributed by atoms with Crippen LogP contribution in [-0.2, 0) is 4.79 Å².